The van der Waals surface area contributed by atoms with Crippen LogP contribution in [0.1, 0.15) is 61.3 Å². The highest BCUT2D eigenvalue weighted by atomic mass is 32.1. The van der Waals surface area contributed by atoms with E-state index in [9.17, 15) is 9.59 Å². The third kappa shape index (κ3) is 5.35. The van der Waals surface area contributed by atoms with Crippen molar-refractivity contribution in [2.75, 3.05) is 25.1 Å². The molecule has 178 valence electrons. The van der Waals surface area contributed by atoms with Gasteiger partial charge in [0.25, 0.3) is 5.91 Å². The monoisotopic (exact) mass is 472 g/mol. The van der Waals surface area contributed by atoms with Crippen LogP contribution >= 0.6 is 11.3 Å². The van der Waals surface area contributed by atoms with E-state index < -0.39 is 11.6 Å². The van der Waals surface area contributed by atoms with Gasteiger partial charge in [0.1, 0.15) is 11.6 Å². The third-order valence-electron chi connectivity index (χ3n) is 5.86. The molecule has 0 spiro atoms. The molecule has 33 heavy (non-hydrogen) atoms. The lowest BCUT2D eigenvalue weighted by Gasteiger charge is -2.32. The molecule has 1 saturated heterocycles. The van der Waals surface area contributed by atoms with Crippen molar-refractivity contribution >= 4 is 29.2 Å². The minimum Gasteiger partial charge on any atom is -0.458 e. The third-order valence-corrected chi connectivity index (χ3v) is 7.06. The number of carbonyl (C=O) groups is 2. The molecular formula is C24H32N4O4S. The van der Waals surface area contributed by atoms with Crippen LogP contribution in [0.2, 0.25) is 0 Å². The topological polar surface area (TPSA) is 93.7 Å². The lowest BCUT2D eigenvalue weighted by Crippen LogP contribution is -2.48. The first-order chi connectivity index (χ1) is 15.6. The zero-order valence-electron chi connectivity index (χ0n) is 19.9. The van der Waals surface area contributed by atoms with Gasteiger partial charge in [-0.15, -0.1) is 11.3 Å². The van der Waals surface area contributed by atoms with E-state index in [4.69, 9.17) is 14.5 Å². The number of carbonyl (C=O) groups excluding carboxylic acids is 2. The molecular weight excluding hydrogens is 440 g/mol. The maximum Gasteiger partial charge on any atom is 0.329 e. The number of amides is 1. The number of aryl methyl sites for hydroxylation is 1. The number of esters is 1. The summed E-state index contributed by atoms with van der Waals surface area (Å²) in [4.78, 5) is 38.6. The molecule has 0 bridgehead atoms. The average Bonchev–Trinajstić information content (AvgIpc) is 3.19. The lowest BCUT2D eigenvalue weighted by molar-refractivity contribution is -0.159. The van der Waals surface area contributed by atoms with Crippen LogP contribution in [-0.2, 0) is 20.7 Å². The summed E-state index contributed by atoms with van der Waals surface area (Å²) in [6, 6.07) is 1.57. The fourth-order valence-corrected chi connectivity index (χ4v) is 5.25. The normalized spacial score (nSPS) is 18.1. The van der Waals surface area contributed by atoms with Crippen LogP contribution in [0.15, 0.2) is 12.3 Å². The van der Waals surface area contributed by atoms with Crippen molar-refractivity contribution in [1.29, 1.82) is 0 Å². The molecule has 0 radical (unpaired) electrons. The molecule has 1 fully saturated rings. The van der Waals surface area contributed by atoms with Crippen LogP contribution in [0.5, 0.6) is 0 Å². The Morgan fingerprint density at radius 3 is 2.76 bits per heavy atom. The predicted molar refractivity (Wildman–Crippen MR) is 128 cm³/mol. The van der Waals surface area contributed by atoms with Gasteiger partial charge in [-0.1, -0.05) is 0 Å². The van der Waals surface area contributed by atoms with Gasteiger partial charge in [-0.3, -0.25) is 4.79 Å². The van der Waals surface area contributed by atoms with Crippen molar-refractivity contribution in [1.82, 2.24) is 14.9 Å². The number of fused-ring (bicyclic) bond motifs is 1. The zero-order chi connectivity index (χ0) is 23.8. The molecule has 2 aliphatic rings. The fourth-order valence-electron chi connectivity index (χ4n) is 4.06. The second-order valence-corrected chi connectivity index (χ2v) is 10.8. The lowest BCUT2D eigenvalue weighted by atomic mass is 10.1. The SMILES string of the molecule is Cc1cnc(NC2CCOCC2)nc1-c1cc2c(s1)CCN(C(C)C(=O)OC(C)(C)C)C2=O. The largest absolute Gasteiger partial charge is 0.458 e. The Morgan fingerprint density at radius 2 is 2.06 bits per heavy atom. The van der Waals surface area contributed by atoms with E-state index in [1.54, 1.807) is 23.2 Å². The van der Waals surface area contributed by atoms with Gasteiger partial charge in [-0.2, -0.15) is 0 Å². The van der Waals surface area contributed by atoms with Crippen molar-refractivity contribution in [3.8, 4) is 10.6 Å². The summed E-state index contributed by atoms with van der Waals surface area (Å²) in [6.07, 6.45) is 4.39. The van der Waals surface area contributed by atoms with E-state index >= 15 is 0 Å². The van der Waals surface area contributed by atoms with Crippen LogP contribution in [0.3, 0.4) is 0 Å². The van der Waals surface area contributed by atoms with Gasteiger partial charge in [0, 0.05) is 43.3 Å². The highest BCUT2D eigenvalue weighted by Gasteiger charge is 2.35. The molecule has 8 nitrogen and oxygen atoms in total. The van der Waals surface area contributed by atoms with Gasteiger partial charge in [0.15, 0.2) is 0 Å². The molecule has 2 aromatic rings. The number of nitrogens with zero attached hydrogens (tertiary/aromatic N) is 3. The highest BCUT2D eigenvalue weighted by molar-refractivity contribution is 7.15. The number of hydrogen-bond acceptors (Lipinski definition) is 8. The molecule has 2 aromatic heterocycles. The first-order valence-corrected chi connectivity index (χ1v) is 12.3. The first-order valence-electron chi connectivity index (χ1n) is 11.5. The Morgan fingerprint density at radius 1 is 1.33 bits per heavy atom. The van der Waals surface area contributed by atoms with Crippen LogP contribution in [-0.4, -0.2) is 64.2 Å². The standard InChI is InChI=1S/C24H32N4O4S/c1-14-13-25-23(26-16-7-10-31-11-8-16)27-20(14)19-12-17-18(33-19)6-9-28(21(17)29)15(2)22(30)32-24(3,4)5/h12-13,15-16H,6-11H2,1-5H3,(H,25,26,27). The van der Waals surface area contributed by atoms with E-state index in [1.165, 1.54) is 0 Å². The minimum atomic E-state index is -0.635. The van der Waals surface area contributed by atoms with Crippen LogP contribution < -0.4 is 5.32 Å². The second-order valence-electron chi connectivity index (χ2n) is 9.66. The molecule has 1 amide bonds. The van der Waals surface area contributed by atoms with Crippen molar-refractivity contribution in [2.24, 2.45) is 0 Å². The van der Waals surface area contributed by atoms with Gasteiger partial charge in [0.05, 0.1) is 16.1 Å². The van der Waals surface area contributed by atoms with Crippen LogP contribution in [0, 0.1) is 6.92 Å². The summed E-state index contributed by atoms with van der Waals surface area (Å²) >= 11 is 1.59. The molecule has 1 N–H and O–H groups in total. The first kappa shape index (κ1) is 23.6. The smallest absolute Gasteiger partial charge is 0.329 e. The van der Waals surface area contributed by atoms with Gasteiger partial charge in [-0.25, -0.2) is 14.8 Å². The minimum absolute atomic E-state index is 0.135. The van der Waals surface area contributed by atoms with Gasteiger partial charge >= 0.3 is 5.97 Å². The fraction of sp³-hybridized carbons (Fsp3) is 0.583. The van der Waals surface area contributed by atoms with Crippen LogP contribution in [0.25, 0.3) is 10.6 Å². The Balaban J connectivity index is 1.54. The molecule has 0 saturated carbocycles. The number of hydrogen-bond donors (Lipinski definition) is 1. The van der Waals surface area contributed by atoms with Crippen molar-refractivity contribution < 1.29 is 19.1 Å². The molecule has 0 aromatic carbocycles. The summed E-state index contributed by atoms with van der Waals surface area (Å²) in [5, 5.41) is 3.42. The van der Waals surface area contributed by atoms with Crippen molar-refractivity contribution in [3.05, 3.63) is 28.3 Å². The molecule has 1 atom stereocenters. The Labute approximate surface area is 198 Å². The molecule has 4 heterocycles. The molecule has 2 aliphatic heterocycles. The summed E-state index contributed by atoms with van der Waals surface area (Å²) in [5.41, 5.74) is 1.84. The van der Waals surface area contributed by atoms with Crippen LogP contribution in [0.4, 0.5) is 5.95 Å². The zero-order valence-corrected chi connectivity index (χ0v) is 20.8. The van der Waals surface area contributed by atoms with Gasteiger partial charge in [0.2, 0.25) is 5.95 Å². The Bertz CT molecular complexity index is 1040. The molecule has 1 unspecified atom stereocenters. The van der Waals surface area contributed by atoms with E-state index in [2.05, 4.69) is 10.3 Å². The number of thiophene rings is 1. The number of ether oxygens (including phenoxy) is 2. The van der Waals surface area contributed by atoms with Gasteiger partial charge < -0.3 is 19.7 Å². The van der Waals surface area contributed by atoms with Gasteiger partial charge in [-0.05, 0) is 59.1 Å². The van der Waals surface area contributed by atoms with E-state index in [1.807, 2.05) is 40.0 Å². The summed E-state index contributed by atoms with van der Waals surface area (Å²) < 4.78 is 10.9. The maximum atomic E-state index is 13.3. The quantitative estimate of drug-likeness (QED) is 0.661. The maximum absolute atomic E-state index is 13.3. The summed E-state index contributed by atoms with van der Waals surface area (Å²) in [6.45, 7) is 11.2. The van der Waals surface area contributed by atoms with E-state index in [0.717, 1.165) is 47.1 Å². The number of anilines is 1. The van der Waals surface area contributed by atoms with E-state index in [-0.39, 0.29) is 11.9 Å². The Kier molecular flexibility index (Phi) is 6.72. The molecule has 9 heteroatoms. The predicted octanol–water partition coefficient (Wildman–Crippen LogP) is 3.83. The van der Waals surface area contributed by atoms with Crippen molar-refractivity contribution in [3.63, 3.8) is 0 Å². The van der Waals surface area contributed by atoms with E-state index in [0.29, 0.717) is 30.5 Å². The summed E-state index contributed by atoms with van der Waals surface area (Å²) in [5.74, 6) is 0.0787. The number of nitrogens with one attached hydrogen (secondary N) is 1. The number of rotatable bonds is 5. The van der Waals surface area contributed by atoms with Crippen molar-refractivity contribution in [2.45, 2.75) is 71.6 Å². The molecule has 4 rings (SSSR count). The second kappa shape index (κ2) is 9.38. The molecule has 0 aliphatic carbocycles. The highest BCUT2D eigenvalue weighted by Crippen LogP contribution is 2.36. The average molecular weight is 473 g/mol. The summed E-state index contributed by atoms with van der Waals surface area (Å²) in [7, 11) is 0. The number of aromatic nitrogens is 2. The Hall–Kier alpha value is -2.52.